The molecule has 0 radical (unpaired) electrons. The van der Waals surface area contributed by atoms with Crippen LogP contribution in [0.2, 0.25) is 0 Å². The zero-order valence-corrected chi connectivity index (χ0v) is 13.3. The fourth-order valence-electron chi connectivity index (χ4n) is 1.93. The normalized spacial score (nSPS) is 11.5. The van der Waals surface area contributed by atoms with Gasteiger partial charge in [-0.2, -0.15) is 24.9 Å². The lowest BCUT2D eigenvalue weighted by molar-refractivity contribution is -0.137. The van der Waals surface area contributed by atoms with Crippen molar-refractivity contribution in [2.24, 2.45) is 0 Å². The Labute approximate surface area is 136 Å². The van der Waals surface area contributed by atoms with Crippen LogP contribution < -0.4 is 5.32 Å². The van der Waals surface area contributed by atoms with Crippen molar-refractivity contribution in [1.82, 2.24) is 5.32 Å². The monoisotopic (exact) mass is 343 g/mol. The Morgan fingerprint density at radius 2 is 2.04 bits per heavy atom. The summed E-state index contributed by atoms with van der Waals surface area (Å²) < 4.78 is 43.5. The molecule has 0 atom stereocenters. The number of hydrogen-bond acceptors (Lipinski definition) is 3. The first-order valence-corrected chi connectivity index (χ1v) is 8.20. The van der Waals surface area contributed by atoms with E-state index in [0.717, 1.165) is 23.6 Å². The minimum Gasteiger partial charge on any atom is -0.451 e. The van der Waals surface area contributed by atoms with Crippen molar-refractivity contribution in [3.05, 3.63) is 47.7 Å². The van der Waals surface area contributed by atoms with Gasteiger partial charge in [-0.05, 0) is 30.0 Å². The molecule has 1 heterocycles. The molecule has 1 amide bonds. The Morgan fingerprint density at radius 1 is 1.26 bits per heavy atom. The van der Waals surface area contributed by atoms with Crippen molar-refractivity contribution in [1.29, 1.82) is 0 Å². The van der Waals surface area contributed by atoms with E-state index in [1.807, 2.05) is 6.92 Å². The third kappa shape index (κ3) is 4.79. The van der Waals surface area contributed by atoms with E-state index in [2.05, 4.69) is 5.32 Å². The van der Waals surface area contributed by atoms with Gasteiger partial charge in [0.2, 0.25) is 0 Å². The number of nitrogens with one attached hydrogen (secondary N) is 1. The van der Waals surface area contributed by atoms with E-state index < -0.39 is 11.7 Å². The van der Waals surface area contributed by atoms with Gasteiger partial charge in [-0.3, -0.25) is 4.79 Å². The number of rotatable bonds is 6. The van der Waals surface area contributed by atoms with Crippen molar-refractivity contribution in [2.45, 2.75) is 13.1 Å². The molecule has 1 aromatic carbocycles. The van der Waals surface area contributed by atoms with E-state index in [9.17, 15) is 18.0 Å². The molecule has 7 heteroatoms. The molecule has 3 nitrogen and oxygen atoms in total. The number of amides is 1. The molecule has 0 fully saturated rings. The second-order valence-corrected chi connectivity index (χ2v) is 6.09. The van der Waals surface area contributed by atoms with E-state index in [1.165, 1.54) is 24.3 Å². The number of alkyl halides is 3. The number of thioether (sulfide) groups is 1. The zero-order valence-electron chi connectivity index (χ0n) is 12.4. The molecule has 0 saturated carbocycles. The first kappa shape index (κ1) is 17.5. The highest BCUT2D eigenvalue weighted by Gasteiger charge is 2.30. The average molecular weight is 343 g/mol. The first-order chi connectivity index (χ1) is 10.9. The van der Waals surface area contributed by atoms with Crippen molar-refractivity contribution in [3.8, 4) is 11.3 Å². The summed E-state index contributed by atoms with van der Waals surface area (Å²) in [7, 11) is 0. The standard InChI is InChI=1S/C16H16F3NO2S/c1-2-23-9-8-20-15(21)14-7-6-13(22-14)11-4-3-5-12(10-11)16(17,18)19/h3-7,10H,2,8-9H2,1H3,(H,20,21). The lowest BCUT2D eigenvalue weighted by atomic mass is 10.1. The Morgan fingerprint density at radius 3 is 2.74 bits per heavy atom. The van der Waals surface area contributed by atoms with Crippen LogP contribution in [0.4, 0.5) is 13.2 Å². The van der Waals surface area contributed by atoms with Crippen molar-refractivity contribution < 1.29 is 22.4 Å². The Bertz CT molecular complexity index is 667. The molecule has 23 heavy (non-hydrogen) atoms. The van der Waals surface area contributed by atoms with E-state index in [1.54, 1.807) is 11.8 Å². The summed E-state index contributed by atoms with van der Waals surface area (Å²) in [5, 5.41) is 2.70. The minimum atomic E-state index is -4.42. The van der Waals surface area contributed by atoms with Crippen LogP contribution in [0.3, 0.4) is 0 Å². The maximum Gasteiger partial charge on any atom is 0.416 e. The van der Waals surface area contributed by atoms with Crippen LogP contribution >= 0.6 is 11.8 Å². The molecule has 0 aliphatic carbocycles. The molecule has 0 aliphatic rings. The van der Waals surface area contributed by atoms with E-state index >= 15 is 0 Å². The Balaban J connectivity index is 2.09. The van der Waals surface area contributed by atoms with Crippen LogP contribution in [-0.4, -0.2) is 24.0 Å². The van der Waals surface area contributed by atoms with Crippen LogP contribution in [-0.2, 0) is 6.18 Å². The predicted octanol–water partition coefficient (Wildman–Crippen LogP) is 4.45. The van der Waals surface area contributed by atoms with Crippen molar-refractivity contribution in [2.75, 3.05) is 18.1 Å². The van der Waals surface area contributed by atoms with Crippen LogP contribution in [0.25, 0.3) is 11.3 Å². The van der Waals surface area contributed by atoms with Gasteiger partial charge in [-0.1, -0.05) is 19.1 Å². The number of halogens is 3. The summed E-state index contributed by atoms with van der Waals surface area (Å²) in [5.74, 6) is 1.70. The number of furan rings is 1. The Kier molecular flexibility index (Phi) is 5.76. The summed E-state index contributed by atoms with van der Waals surface area (Å²) in [5.41, 5.74) is -0.477. The van der Waals surface area contributed by atoms with Gasteiger partial charge in [0, 0.05) is 17.9 Å². The minimum absolute atomic E-state index is 0.0823. The maximum absolute atomic E-state index is 12.7. The van der Waals surface area contributed by atoms with Crippen LogP contribution in [0.1, 0.15) is 23.0 Å². The fraction of sp³-hybridized carbons (Fsp3) is 0.312. The number of benzene rings is 1. The molecule has 0 saturated heterocycles. The smallest absolute Gasteiger partial charge is 0.416 e. The molecule has 124 valence electrons. The summed E-state index contributed by atoms with van der Waals surface area (Å²) >= 11 is 1.70. The Hall–Kier alpha value is -1.89. The molecule has 0 aliphatic heterocycles. The summed E-state index contributed by atoms with van der Waals surface area (Å²) in [4.78, 5) is 11.9. The largest absolute Gasteiger partial charge is 0.451 e. The molecule has 0 bridgehead atoms. The molecular weight excluding hydrogens is 327 g/mol. The van der Waals surface area contributed by atoms with Gasteiger partial charge in [0.25, 0.3) is 5.91 Å². The summed E-state index contributed by atoms with van der Waals surface area (Å²) in [6, 6.07) is 7.75. The third-order valence-corrected chi connectivity index (χ3v) is 3.94. The highest BCUT2D eigenvalue weighted by atomic mass is 32.2. The second kappa shape index (κ2) is 7.59. The van der Waals surface area contributed by atoms with Gasteiger partial charge >= 0.3 is 6.18 Å². The predicted molar refractivity (Wildman–Crippen MR) is 84.5 cm³/mol. The molecule has 2 rings (SSSR count). The van der Waals surface area contributed by atoms with Gasteiger partial charge in [0.05, 0.1) is 5.56 Å². The van der Waals surface area contributed by atoms with Crippen LogP contribution in [0.5, 0.6) is 0 Å². The van der Waals surface area contributed by atoms with Crippen molar-refractivity contribution in [3.63, 3.8) is 0 Å². The SMILES string of the molecule is CCSCCNC(=O)c1ccc(-c2cccc(C(F)(F)F)c2)o1. The quantitative estimate of drug-likeness (QED) is 0.788. The first-order valence-electron chi connectivity index (χ1n) is 7.05. The molecule has 0 unspecified atom stereocenters. The lowest BCUT2D eigenvalue weighted by Crippen LogP contribution is -2.25. The topological polar surface area (TPSA) is 42.2 Å². The molecular formula is C16H16F3NO2S. The lowest BCUT2D eigenvalue weighted by Gasteiger charge is -2.07. The summed E-state index contributed by atoms with van der Waals surface area (Å²) in [6.45, 7) is 2.54. The molecule has 2 aromatic rings. The van der Waals surface area contributed by atoms with Gasteiger partial charge < -0.3 is 9.73 Å². The highest BCUT2D eigenvalue weighted by molar-refractivity contribution is 7.99. The van der Waals surface area contributed by atoms with Crippen molar-refractivity contribution >= 4 is 17.7 Å². The number of carbonyl (C=O) groups is 1. The van der Waals surface area contributed by atoms with Gasteiger partial charge in [-0.25, -0.2) is 0 Å². The molecule has 1 N–H and O–H groups in total. The maximum atomic E-state index is 12.7. The van der Waals surface area contributed by atoms with E-state index in [4.69, 9.17) is 4.42 Å². The van der Waals surface area contributed by atoms with Gasteiger partial charge in [-0.15, -0.1) is 0 Å². The summed E-state index contributed by atoms with van der Waals surface area (Å²) in [6.07, 6.45) is -4.42. The third-order valence-electron chi connectivity index (χ3n) is 3.04. The fourth-order valence-corrected chi connectivity index (χ4v) is 2.47. The van der Waals surface area contributed by atoms with Gasteiger partial charge in [0.1, 0.15) is 5.76 Å². The number of carbonyl (C=O) groups excluding carboxylic acids is 1. The number of hydrogen-bond donors (Lipinski definition) is 1. The van der Waals surface area contributed by atoms with Crippen LogP contribution in [0, 0.1) is 0 Å². The average Bonchev–Trinajstić information content (AvgIpc) is 3.01. The molecule has 0 spiro atoms. The second-order valence-electron chi connectivity index (χ2n) is 4.70. The highest BCUT2D eigenvalue weighted by Crippen LogP contribution is 2.32. The van der Waals surface area contributed by atoms with E-state index in [0.29, 0.717) is 6.54 Å². The molecule has 1 aromatic heterocycles. The zero-order chi connectivity index (χ0) is 16.9. The van der Waals surface area contributed by atoms with E-state index in [-0.39, 0.29) is 23.0 Å². The van der Waals surface area contributed by atoms with Gasteiger partial charge in [0.15, 0.2) is 5.76 Å². The van der Waals surface area contributed by atoms with Crippen LogP contribution in [0.15, 0.2) is 40.8 Å².